The molecular weight excluding hydrogens is 505 g/mol. The summed E-state index contributed by atoms with van der Waals surface area (Å²) in [6.45, 7) is 6.13. The van der Waals surface area contributed by atoms with Gasteiger partial charge < -0.3 is 20.7 Å². The van der Waals surface area contributed by atoms with Crippen LogP contribution in [0.5, 0.6) is 5.75 Å². The fraction of sp³-hybridized carbons (Fsp3) is 0.652. The van der Waals surface area contributed by atoms with E-state index in [4.69, 9.17) is 4.74 Å². The molecule has 174 valence electrons. The summed E-state index contributed by atoms with van der Waals surface area (Å²) in [5, 5.41) is 9.72. The molecule has 0 aromatic heterocycles. The summed E-state index contributed by atoms with van der Waals surface area (Å²) in [5.41, 5.74) is 1.08. The van der Waals surface area contributed by atoms with Crippen molar-refractivity contribution in [2.45, 2.75) is 64.1 Å². The van der Waals surface area contributed by atoms with Gasteiger partial charge in [-0.2, -0.15) is 0 Å². The van der Waals surface area contributed by atoms with Gasteiger partial charge in [0.15, 0.2) is 12.6 Å². The molecule has 1 amide bonds. The number of hydrogen-bond acceptors (Lipinski definition) is 4. The van der Waals surface area contributed by atoms with E-state index >= 15 is 0 Å². The zero-order valence-electron chi connectivity index (χ0n) is 18.9. The Morgan fingerprint density at radius 1 is 1.23 bits per heavy atom. The van der Waals surface area contributed by atoms with Gasteiger partial charge >= 0.3 is 0 Å². The molecule has 1 aromatic rings. The maximum atomic E-state index is 11.8. The minimum atomic E-state index is -0.0513. The Labute approximate surface area is 203 Å². The molecule has 31 heavy (non-hydrogen) atoms. The molecular formula is C23H38IN5O2. The Kier molecular flexibility index (Phi) is 11.4. The third-order valence-corrected chi connectivity index (χ3v) is 5.81. The van der Waals surface area contributed by atoms with Crippen molar-refractivity contribution in [1.29, 1.82) is 0 Å². The lowest BCUT2D eigenvalue weighted by Crippen LogP contribution is -2.45. The number of amides is 1. The summed E-state index contributed by atoms with van der Waals surface area (Å²) >= 11 is 0. The van der Waals surface area contributed by atoms with E-state index in [1.54, 1.807) is 7.05 Å². The first-order valence-electron chi connectivity index (χ1n) is 11.4. The van der Waals surface area contributed by atoms with Gasteiger partial charge in [-0.3, -0.25) is 14.7 Å². The number of likely N-dealkylation sites (tertiary alicyclic amines) is 1. The van der Waals surface area contributed by atoms with Gasteiger partial charge in [0.05, 0.1) is 0 Å². The van der Waals surface area contributed by atoms with E-state index in [0.29, 0.717) is 18.3 Å². The molecule has 1 aliphatic carbocycles. The topological polar surface area (TPSA) is 78.0 Å². The first-order chi connectivity index (χ1) is 14.7. The van der Waals surface area contributed by atoms with Crippen LogP contribution in [0.2, 0.25) is 0 Å². The molecule has 1 unspecified atom stereocenters. The molecule has 8 heteroatoms. The van der Waals surface area contributed by atoms with Crippen molar-refractivity contribution >= 4 is 35.8 Å². The van der Waals surface area contributed by atoms with Crippen LogP contribution in [-0.4, -0.2) is 62.1 Å². The van der Waals surface area contributed by atoms with Crippen LogP contribution in [0, 0.1) is 0 Å². The predicted octanol–water partition coefficient (Wildman–Crippen LogP) is 2.89. The predicted molar refractivity (Wildman–Crippen MR) is 136 cm³/mol. The van der Waals surface area contributed by atoms with E-state index in [-0.39, 0.29) is 36.5 Å². The molecule has 0 radical (unpaired) electrons. The van der Waals surface area contributed by atoms with Gasteiger partial charge in [-0.15, -0.1) is 24.0 Å². The van der Waals surface area contributed by atoms with Crippen LogP contribution in [0.15, 0.2) is 29.3 Å². The van der Waals surface area contributed by atoms with Crippen molar-refractivity contribution in [3.8, 4) is 5.75 Å². The van der Waals surface area contributed by atoms with Crippen molar-refractivity contribution in [1.82, 2.24) is 20.9 Å². The SMILES string of the molecule is CCC1CCCCN1CCNC(=NC)NCc1cccc(OCC(=O)NC2CC2)c1.I. The molecule has 2 aliphatic rings. The van der Waals surface area contributed by atoms with Gasteiger partial charge in [-0.1, -0.05) is 25.5 Å². The van der Waals surface area contributed by atoms with Crippen LogP contribution >= 0.6 is 24.0 Å². The highest BCUT2D eigenvalue weighted by molar-refractivity contribution is 14.0. The molecule has 3 N–H and O–H groups in total. The van der Waals surface area contributed by atoms with Crippen LogP contribution in [0.4, 0.5) is 0 Å². The van der Waals surface area contributed by atoms with Crippen LogP contribution in [0.3, 0.4) is 0 Å². The van der Waals surface area contributed by atoms with Crippen LogP contribution in [0.1, 0.15) is 51.0 Å². The van der Waals surface area contributed by atoms with Crippen molar-refractivity contribution in [2.75, 3.05) is 33.3 Å². The Bertz CT molecular complexity index is 711. The van der Waals surface area contributed by atoms with Gasteiger partial charge in [0.1, 0.15) is 5.75 Å². The number of guanidine groups is 1. The summed E-state index contributed by atoms with van der Waals surface area (Å²) in [5.74, 6) is 1.46. The number of ether oxygens (including phenoxy) is 1. The van der Waals surface area contributed by atoms with Gasteiger partial charge in [0.25, 0.3) is 5.91 Å². The number of halogens is 1. The minimum Gasteiger partial charge on any atom is -0.484 e. The van der Waals surface area contributed by atoms with E-state index in [9.17, 15) is 4.79 Å². The molecule has 0 spiro atoms. The number of benzene rings is 1. The fourth-order valence-corrected chi connectivity index (χ4v) is 3.93. The lowest BCUT2D eigenvalue weighted by molar-refractivity contribution is -0.123. The first kappa shape index (κ1) is 25.7. The summed E-state index contributed by atoms with van der Waals surface area (Å²) < 4.78 is 5.63. The molecule has 1 aliphatic heterocycles. The largest absolute Gasteiger partial charge is 0.484 e. The van der Waals surface area contributed by atoms with Crippen molar-refractivity contribution in [3.63, 3.8) is 0 Å². The second-order valence-corrected chi connectivity index (χ2v) is 8.22. The monoisotopic (exact) mass is 543 g/mol. The van der Waals surface area contributed by atoms with E-state index in [0.717, 1.165) is 43.5 Å². The second kappa shape index (κ2) is 13.8. The molecule has 2 fully saturated rings. The van der Waals surface area contributed by atoms with Crippen LogP contribution < -0.4 is 20.7 Å². The van der Waals surface area contributed by atoms with Gasteiger partial charge in [0, 0.05) is 38.8 Å². The number of nitrogens with one attached hydrogen (secondary N) is 3. The summed E-state index contributed by atoms with van der Waals surface area (Å²) in [4.78, 5) is 18.7. The number of carbonyl (C=O) groups is 1. The van der Waals surface area contributed by atoms with Crippen molar-refractivity contribution in [3.05, 3.63) is 29.8 Å². The number of nitrogens with zero attached hydrogens (tertiary/aromatic N) is 2. The average Bonchev–Trinajstić information content (AvgIpc) is 3.59. The third-order valence-electron chi connectivity index (χ3n) is 5.81. The van der Waals surface area contributed by atoms with E-state index < -0.39 is 0 Å². The average molecular weight is 543 g/mol. The van der Waals surface area contributed by atoms with Crippen LogP contribution in [0.25, 0.3) is 0 Å². The standard InChI is InChI=1S/C23H37N5O2.HI/c1-3-20-8-4-5-13-28(20)14-12-25-23(24-2)26-16-18-7-6-9-21(15-18)30-17-22(29)27-19-10-11-19;/h6-7,9,15,19-20H,3-5,8,10-14,16-17H2,1-2H3,(H,27,29)(H2,24,25,26);1H. The smallest absolute Gasteiger partial charge is 0.258 e. The molecule has 1 aromatic carbocycles. The van der Waals surface area contributed by atoms with Gasteiger partial charge in [-0.05, 0) is 56.3 Å². The summed E-state index contributed by atoms with van der Waals surface area (Å²) in [7, 11) is 1.79. The highest BCUT2D eigenvalue weighted by Gasteiger charge is 2.23. The van der Waals surface area contributed by atoms with Crippen LogP contribution in [-0.2, 0) is 11.3 Å². The number of carbonyl (C=O) groups excluding carboxylic acids is 1. The quantitative estimate of drug-likeness (QED) is 0.241. The second-order valence-electron chi connectivity index (χ2n) is 8.22. The third kappa shape index (κ3) is 9.22. The lowest BCUT2D eigenvalue weighted by atomic mass is 10.0. The maximum absolute atomic E-state index is 11.8. The zero-order valence-corrected chi connectivity index (χ0v) is 21.2. The van der Waals surface area contributed by atoms with E-state index in [1.165, 1.54) is 32.2 Å². The highest BCUT2D eigenvalue weighted by Crippen LogP contribution is 2.19. The molecule has 3 rings (SSSR count). The van der Waals surface area contributed by atoms with E-state index in [1.807, 2.05) is 24.3 Å². The highest BCUT2D eigenvalue weighted by atomic mass is 127. The lowest BCUT2D eigenvalue weighted by Gasteiger charge is -2.35. The fourth-order valence-electron chi connectivity index (χ4n) is 3.93. The molecule has 1 saturated carbocycles. The van der Waals surface area contributed by atoms with Gasteiger partial charge in [-0.25, -0.2) is 0 Å². The Morgan fingerprint density at radius 2 is 2.06 bits per heavy atom. The molecule has 1 atom stereocenters. The maximum Gasteiger partial charge on any atom is 0.258 e. The minimum absolute atomic E-state index is 0. The molecule has 1 heterocycles. The number of piperidine rings is 1. The number of hydrogen-bond donors (Lipinski definition) is 3. The summed E-state index contributed by atoms with van der Waals surface area (Å²) in [6, 6.07) is 8.91. The Morgan fingerprint density at radius 3 is 2.81 bits per heavy atom. The summed E-state index contributed by atoms with van der Waals surface area (Å²) in [6.07, 6.45) is 7.39. The zero-order chi connectivity index (χ0) is 21.2. The van der Waals surface area contributed by atoms with Crippen molar-refractivity contribution < 1.29 is 9.53 Å². The number of rotatable bonds is 10. The Balaban J connectivity index is 0.00000341. The number of aliphatic imine (C=N–C) groups is 1. The van der Waals surface area contributed by atoms with Crippen molar-refractivity contribution in [2.24, 2.45) is 4.99 Å². The molecule has 0 bridgehead atoms. The van der Waals surface area contributed by atoms with Gasteiger partial charge in [0.2, 0.25) is 0 Å². The Hall–Kier alpha value is -1.55. The molecule has 7 nitrogen and oxygen atoms in total. The first-order valence-corrected chi connectivity index (χ1v) is 11.4. The molecule has 1 saturated heterocycles. The normalized spacial score (nSPS) is 19.3. The van der Waals surface area contributed by atoms with E-state index in [2.05, 4.69) is 32.8 Å².